The molecule has 1 unspecified atom stereocenters. The number of nitrogens with one attached hydrogen (secondary N) is 2. The molecular formula is C15H11BrFN3O. The number of hydrogen-bond donors (Lipinski definition) is 2. The lowest BCUT2D eigenvalue weighted by atomic mass is 10.1. The zero-order valence-electron chi connectivity index (χ0n) is 10.8. The number of aromatic amines is 1. The Labute approximate surface area is 128 Å². The Balaban J connectivity index is 1.78. The number of carbonyl (C=O) groups excluding carboxylic acids is 1. The topological polar surface area (TPSA) is 57.8 Å². The maximum absolute atomic E-state index is 13.2. The van der Waals surface area contributed by atoms with E-state index in [1.54, 1.807) is 24.4 Å². The molecule has 0 radical (unpaired) electrons. The van der Waals surface area contributed by atoms with Crippen molar-refractivity contribution >= 4 is 38.4 Å². The van der Waals surface area contributed by atoms with Crippen LogP contribution in [-0.2, 0) is 4.79 Å². The van der Waals surface area contributed by atoms with Crippen molar-refractivity contribution in [1.82, 2.24) is 10.2 Å². The van der Waals surface area contributed by atoms with Crippen LogP contribution in [0.4, 0.5) is 10.1 Å². The quantitative estimate of drug-likeness (QED) is 0.708. The molecule has 1 amide bonds. The average molecular weight is 348 g/mol. The number of rotatable bonds is 3. The number of anilines is 1. The molecule has 0 bridgehead atoms. The molecule has 0 aliphatic carbocycles. The minimum atomic E-state index is -0.617. The third kappa shape index (κ3) is 2.95. The summed E-state index contributed by atoms with van der Waals surface area (Å²) in [5.74, 6) is -0.631. The summed E-state index contributed by atoms with van der Waals surface area (Å²) in [6.07, 6.45) is 1.68. The van der Waals surface area contributed by atoms with E-state index in [1.807, 2.05) is 12.1 Å². The fourth-order valence-electron chi connectivity index (χ4n) is 2.04. The predicted molar refractivity (Wildman–Crippen MR) is 82.8 cm³/mol. The minimum absolute atomic E-state index is 0.261. The standard InChI is InChI=1S/C15H11BrFN3O/c16-14(9-2-1-3-11(17)6-9)15(21)19-12-4-5-13-10(7-12)8-18-20-13/h1-8,14H,(H,18,20)(H,19,21). The van der Waals surface area contributed by atoms with Gasteiger partial charge in [0.15, 0.2) is 0 Å². The van der Waals surface area contributed by atoms with Crippen LogP contribution in [0.3, 0.4) is 0 Å². The fourth-order valence-corrected chi connectivity index (χ4v) is 2.44. The summed E-state index contributed by atoms with van der Waals surface area (Å²) in [4.78, 5) is 11.6. The highest BCUT2D eigenvalue weighted by Gasteiger charge is 2.17. The molecule has 4 nitrogen and oxygen atoms in total. The molecule has 0 saturated carbocycles. The first-order valence-electron chi connectivity index (χ1n) is 6.27. The summed E-state index contributed by atoms with van der Waals surface area (Å²) >= 11 is 3.29. The number of nitrogens with zero attached hydrogens (tertiary/aromatic N) is 1. The van der Waals surface area contributed by atoms with Crippen LogP contribution >= 0.6 is 15.9 Å². The van der Waals surface area contributed by atoms with Gasteiger partial charge in [0.1, 0.15) is 10.6 Å². The van der Waals surface area contributed by atoms with Crippen molar-refractivity contribution in [2.24, 2.45) is 0 Å². The number of fused-ring (bicyclic) bond motifs is 1. The van der Waals surface area contributed by atoms with Gasteiger partial charge in [0.05, 0.1) is 11.7 Å². The zero-order valence-corrected chi connectivity index (χ0v) is 12.4. The van der Waals surface area contributed by atoms with E-state index in [0.29, 0.717) is 11.3 Å². The van der Waals surface area contributed by atoms with Crippen LogP contribution in [-0.4, -0.2) is 16.1 Å². The molecular weight excluding hydrogens is 337 g/mol. The van der Waals surface area contributed by atoms with Crippen molar-refractivity contribution in [2.75, 3.05) is 5.32 Å². The molecule has 1 atom stereocenters. The van der Waals surface area contributed by atoms with Crippen LogP contribution in [0.2, 0.25) is 0 Å². The van der Waals surface area contributed by atoms with E-state index in [1.165, 1.54) is 12.1 Å². The van der Waals surface area contributed by atoms with E-state index < -0.39 is 4.83 Å². The van der Waals surface area contributed by atoms with E-state index in [-0.39, 0.29) is 11.7 Å². The number of alkyl halides is 1. The van der Waals surface area contributed by atoms with Gasteiger partial charge in [-0.2, -0.15) is 5.10 Å². The molecule has 2 aromatic carbocycles. The van der Waals surface area contributed by atoms with Gasteiger partial charge in [-0.15, -0.1) is 0 Å². The largest absolute Gasteiger partial charge is 0.325 e. The van der Waals surface area contributed by atoms with Crippen LogP contribution < -0.4 is 5.32 Å². The highest BCUT2D eigenvalue weighted by atomic mass is 79.9. The van der Waals surface area contributed by atoms with Gasteiger partial charge < -0.3 is 5.32 Å². The molecule has 1 aromatic heterocycles. The number of halogens is 2. The number of H-pyrrole nitrogens is 1. The third-order valence-electron chi connectivity index (χ3n) is 3.08. The molecule has 0 spiro atoms. The van der Waals surface area contributed by atoms with E-state index in [4.69, 9.17) is 0 Å². The summed E-state index contributed by atoms with van der Waals surface area (Å²) in [5, 5.41) is 10.5. The van der Waals surface area contributed by atoms with Crippen molar-refractivity contribution in [2.45, 2.75) is 4.83 Å². The summed E-state index contributed by atoms with van der Waals surface area (Å²) in [6, 6.07) is 11.4. The molecule has 0 saturated heterocycles. The van der Waals surface area contributed by atoms with E-state index in [0.717, 1.165) is 10.9 Å². The van der Waals surface area contributed by atoms with Crippen LogP contribution in [0.1, 0.15) is 10.4 Å². The van der Waals surface area contributed by atoms with Gasteiger partial charge in [-0.25, -0.2) is 4.39 Å². The first kappa shape index (κ1) is 13.8. The molecule has 1 heterocycles. The number of benzene rings is 2. The van der Waals surface area contributed by atoms with Crippen LogP contribution in [0.5, 0.6) is 0 Å². The predicted octanol–water partition coefficient (Wildman–Crippen LogP) is 3.78. The van der Waals surface area contributed by atoms with Gasteiger partial charge in [0.2, 0.25) is 5.91 Å². The Hall–Kier alpha value is -2.21. The van der Waals surface area contributed by atoms with Gasteiger partial charge in [0.25, 0.3) is 0 Å². The highest BCUT2D eigenvalue weighted by molar-refractivity contribution is 9.09. The lowest BCUT2D eigenvalue weighted by Gasteiger charge is -2.11. The van der Waals surface area contributed by atoms with Crippen molar-refractivity contribution in [3.8, 4) is 0 Å². The summed E-state index contributed by atoms with van der Waals surface area (Å²) in [6.45, 7) is 0. The molecule has 3 aromatic rings. The zero-order chi connectivity index (χ0) is 14.8. The Bertz CT molecular complexity index is 802. The maximum atomic E-state index is 13.2. The average Bonchev–Trinajstić information content (AvgIpc) is 2.94. The smallest absolute Gasteiger partial charge is 0.242 e. The monoisotopic (exact) mass is 347 g/mol. The first-order valence-corrected chi connectivity index (χ1v) is 7.18. The molecule has 2 N–H and O–H groups in total. The third-order valence-corrected chi connectivity index (χ3v) is 4.02. The maximum Gasteiger partial charge on any atom is 0.242 e. The summed E-state index contributed by atoms with van der Waals surface area (Å²) < 4.78 is 13.2. The molecule has 0 aliphatic heterocycles. The molecule has 0 fully saturated rings. The van der Waals surface area contributed by atoms with Gasteiger partial charge in [-0.3, -0.25) is 9.89 Å². The molecule has 21 heavy (non-hydrogen) atoms. The SMILES string of the molecule is O=C(Nc1ccc2[nH]ncc2c1)C(Br)c1cccc(F)c1. The van der Waals surface area contributed by atoms with Gasteiger partial charge in [0, 0.05) is 11.1 Å². The number of carbonyl (C=O) groups is 1. The summed E-state index contributed by atoms with van der Waals surface area (Å²) in [7, 11) is 0. The van der Waals surface area contributed by atoms with Gasteiger partial charge in [-0.1, -0.05) is 28.1 Å². The van der Waals surface area contributed by atoms with E-state index in [9.17, 15) is 9.18 Å². The van der Waals surface area contributed by atoms with Crippen molar-refractivity contribution in [1.29, 1.82) is 0 Å². The minimum Gasteiger partial charge on any atom is -0.325 e. The van der Waals surface area contributed by atoms with Crippen LogP contribution in [0.15, 0.2) is 48.7 Å². The molecule has 106 valence electrons. The normalized spacial score (nSPS) is 12.3. The number of hydrogen-bond acceptors (Lipinski definition) is 2. The Morgan fingerprint density at radius 3 is 2.95 bits per heavy atom. The fraction of sp³-hybridized carbons (Fsp3) is 0.0667. The number of aromatic nitrogens is 2. The first-order chi connectivity index (χ1) is 10.1. The second kappa shape index (κ2) is 5.65. The van der Waals surface area contributed by atoms with E-state index >= 15 is 0 Å². The summed E-state index contributed by atoms with van der Waals surface area (Å²) in [5.41, 5.74) is 2.13. The lowest BCUT2D eigenvalue weighted by molar-refractivity contribution is -0.115. The van der Waals surface area contributed by atoms with Gasteiger partial charge >= 0.3 is 0 Å². The van der Waals surface area contributed by atoms with Crippen LogP contribution in [0.25, 0.3) is 10.9 Å². The molecule has 6 heteroatoms. The van der Waals surface area contributed by atoms with Crippen molar-refractivity contribution < 1.29 is 9.18 Å². The molecule has 3 rings (SSSR count). The Morgan fingerprint density at radius 1 is 1.29 bits per heavy atom. The second-order valence-corrected chi connectivity index (χ2v) is 5.49. The second-order valence-electron chi connectivity index (χ2n) is 4.58. The van der Waals surface area contributed by atoms with Crippen molar-refractivity contribution in [3.05, 3.63) is 60.0 Å². The van der Waals surface area contributed by atoms with Crippen LogP contribution in [0, 0.1) is 5.82 Å². The van der Waals surface area contributed by atoms with Crippen molar-refractivity contribution in [3.63, 3.8) is 0 Å². The Morgan fingerprint density at radius 2 is 2.14 bits per heavy atom. The number of amides is 1. The lowest BCUT2D eigenvalue weighted by Crippen LogP contribution is -2.17. The van der Waals surface area contributed by atoms with E-state index in [2.05, 4.69) is 31.4 Å². The van der Waals surface area contributed by atoms with Gasteiger partial charge in [-0.05, 0) is 35.9 Å². The molecule has 0 aliphatic rings. The Kier molecular flexibility index (Phi) is 3.70. The highest BCUT2D eigenvalue weighted by Crippen LogP contribution is 2.26.